The van der Waals surface area contributed by atoms with Gasteiger partial charge in [-0.15, -0.1) is 0 Å². The molecule has 6 heteroatoms. The molecule has 1 saturated heterocycles. The van der Waals surface area contributed by atoms with Crippen LogP contribution in [0, 0.1) is 0 Å². The highest BCUT2D eigenvalue weighted by atomic mass is 32.2. The van der Waals surface area contributed by atoms with Gasteiger partial charge in [-0.25, -0.2) is 0 Å². The Bertz CT molecular complexity index is 622. The number of carbonyl (C=O) groups excluding carboxylic acids is 3. The number of ether oxygens (including phenoxy) is 1. The van der Waals surface area contributed by atoms with Gasteiger partial charge in [0, 0.05) is 0 Å². The Morgan fingerprint density at radius 1 is 1.23 bits per heavy atom. The Hall–Kier alpha value is -2.08. The third-order valence-electron chi connectivity index (χ3n) is 3.15. The van der Waals surface area contributed by atoms with Gasteiger partial charge < -0.3 is 4.74 Å². The first-order valence-electron chi connectivity index (χ1n) is 7.05. The molecule has 1 aliphatic rings. The van der Waals surface area contributed by atoms with Crippen molar-refractivity contribution in [1.82, 2.24) is 4.90 Å². The first-order valence-corrected chi connectivity index (χ1v) is 7.86. The van der Waals surface area contributed by atoms with Gasteiger partial charge in [-0.1, -0.05) is 31.2 Å². The van der Waals surface area contributed by atoms with Crippen LogP contribution >= 0.6 is 11.8 Å². The van der Waals surface area contributed by atoms with E-state index in [1.54, 1.807) is 13.0 Å². The van der Waals surface area contributed by atoms with Gasteiger partial charge in [0.05, 0.1) is 11.5 Å². The van der Waals surface area contributed by atoms with E-state index in [9.17, 15) is 14.4 Å². The number of hydrogen-bond donors (Lipinski definition) is 0. The summed E-state index contributed by atoms with van der Waals surface area (Å²) in [6.07, 6.45) is 2.60. The van der Waals surface area contributed by atoms with Crippen LogP contribution in [0.2, 0.25) is 0 Å². The van der Waals surface area contributed by atoms with Crippen molar-refractivity contribution in [3.63, 3.8) is 0 Å². The molecule has 1 heterocycles. The number of imide groups is 1. The molecule has 22 heavy (non-hydrogen) atoms. The minimum absolute atomic E-state index is 0.217. The van der Waals surface area contributed by atoms with E-state index < -0.39 is 17.1 Å². The zero-order chi connectivity index (χ0) is 16.1. The molecule has 1 aromatic carbocycles. The molecule has 1 aromatic rings. The Kier molecular flexibility index (Phi) is 5.38. The summed E-state index contributed by atoms with van der Waals surface area (Å²) in [5.41, 5.74) is 2.05. The Labute approximate surface area is 133 Å². The smallest absolute Gasteiger partial charge is 0.326 e. The Balaban J connectivity index is 2.12. The molecule has 0 spiro atoms. The molecule has 2 amide bonds. The summed E-state index contributed by atoms with van der Waals surface area (Å²) < 4.78 is 4.77. The van der Waals surface area contributed by atoms with Crippen LogP contribution in [0.3, 0.4) is 0 Å². The molecule has 1 aliphatic heterocycles. The fourth-order valence-electron chi connectivity index (χ4n) is 1.97. The maximum Gasteiger partial charge on any atom is 0.326 e. The van der Waals surface area contributed by atoms with Crippen LogP contribution in [0.1, 0.15) is 25.0 Å². The van der Waals surface area contributed by atoms with Crippen LogP contribution in [-0.4, -0.2) is 35.2 Å². The van der Waals surface area contributed by atoms with Crippen molar-refractivity contribution in [2.45, 2.75) is 20.3 Å². The van der Waals surface area contributed by atoms with E-state index in [0.717, 1.165) is 28.6 Å². The predicted molar refractivity (Wildman–Crippen MR) is 85.1 cm³/mol. The molecule has 0 saturated carbocycles. The van der Waals surface area contributed by atoms with Crippen LogP contribution in [0.5, 0.6) is 0 Å². The van der Waals surface area contributed by atoms with Crippen LogP contribution in [-0.2, 0) is 20.7 Å². The normalized spacial score (nSPS) is 16.5. The summed E-state index contributed by atoms with van der Waals surface area (Å²) in [5, 5.41) is -0.450. The minimum Gasteiger partial charge on any atom is -0.465 e. The van der Waals surface area contributed by atoms with E-state index in [-0.39, 0.29) is 13.2 Å². The lowest BCUT2D eigenvalue weighted by atomic mass is 10.1. The van der Waals surface area contributed by atoms with E-state index in [0.29, 0.717) is 4.91 Å². The summed E-state index contributed by atoms with van der Waals surface area (Å²) in [6, 6.07) is 7.76. The number of thioether (sulfide) groups is 1. The van der Waals surface area contributed by atoms with Crippen molar-refractivity contribution in [1.29, 1.82) is 0 Å². The number of nitrogens with zero attached hydrogens (tertiary/aromatic N) is 1. The molecule has 0 bridgehead atoms. The van der Waals surface area contributed by atoms with Gasteiger partial charge in [-0.3, -0.25) is 19.3 Å². The molecule has 1 fully saturated rings. The second kappa shape index (κ2) is 7.26. The highest BCUT2D eigenvalue weighted by molar-refractivity contribution is 8.18. The van der Waals surface area contributed by atoms with Crippen molar-refractivity contribution < 1.29 is 19.1 Å². The first kappa shape index (κ1) is 16.3. The lowest BCUT2D eigenvalue weighted by molar-refractivity contribution is -0.145. The first-order chi connectivity index (χ1) is 10.5. The molecular weight excluding hydrogens is 302 g/mol. The molecule has 2 rings (SSSR count). The number of hydrogen-bond acceptors (Lipinski definition) is 5. The maximum atomic E-state index is 12.2. The molecule has 116 valence electrons. The van der Waals surface area contributed by atoms with Crippen LogP contribution in [0.15, 0.2) is 29.2 Å². The van der Waals surface area contributed by atoms with Crippen molar-refractivity contribution in [3.05, 3.63) is 40.3 Å². The topological polar surface area (TPSA) is 63.7 Å². The number of aryl methyl sites for hydroxylation is 1. The molecular formula is C16H17NO4S. The fraction of sp³-hybridized carbons (Fsp3) is 0.312. The highest BCUT2D eigenvalue weighted by Gasteiger charge is 2.36. The van der Waals surface area contributed by atoms with E-state index in [1.807, 2.05) is 24.3 Å². The van der Waals surface area contributed by atoms with Crippen LogP contribution < -0.4 is 0 Å². The molecule has 0 aliphatic carbocycles. The van der Waals surface area contributed by atoms with Crippen molar-refractivity contribution >= 4 is 35.0 Å². The number of rotatable bonds is 5. The summed E-state index contributed by atoms with van der Waals surface area (Å²) >= 11 is 0.837. The third-order valence-corrected chi connectivity index (χ3v) is 4.06. The van der Waals surface area contributed by atoms with Gasteiger partial charge in [0.25, 0.3) is 11.1 Å². The maximum absolute atomic E-state index is 12.2. The third kappa shape index (κ3) is 3.76. The second-order valence-electron chi connectivity index (χ2n) is 4.67. The van der Waals surface area contributed by atoms with E-state index in [1.165, 1.54) is 5.56 Å². The van der Waals surface area contributed by atoms with E-state index in [4.69, 9.17) is 4.74 Å². The number of amides is 2. The van der Waals surface area contributed by atoms with E-state index >= 15 is 0 Å². The van der Waals surface area contributed by atoms with E-state index in [2.05, 4.69) is 6.92 Å². The van der Waals surface area contributed by atoms with Crippen molar-refractivity contribution in [2.75, 3.05) is 13.2 Å². The van der Waals surface area contributed by atoms with Crippen molar-refractivity contribution in [2.24, 2.45) is 0 Å². The number of benzene rings is 1. The predicted octanol–water partition coefficient (Wildman–Crippen LogP) is 2.85. The van der Waals surface area contributed by atoms with Crippen LogP contribution in [0.4, 0.5) is 4.79 Å². The van der Waals surface area contributed by atoms with Gasteiger partial charge in [-0.2, -0.15) is 0 Å². The molecule has 0 unspecified atom stereocenters. The molecule has 0 N–H and O–H groups in total. The van der Waals surface area contributed by atoms with Gasteiger partial charge in [0.1, 0.15) is 6.54 Å². The molecule has 0 aromatic heterocycles. The largest absolute Gasteiger partial charge is 0.465 e. The lowest BCUT2D eigenvalue weighted by Gasteiger charge is -2.10. The minimum atomic E-state index is -0.585. The zero-order valence-electron chi connectivity index (χ0n) is 12.5. The average molecular weight is 319 g/mol. The summed E-state index contributed by atoms with van der Waals surface area (Å²) in [6.45, 7) is 3.61. The standard InChI is InChI=1S/C16H17NO4S/c1-3-11-5-7-12(8-6-11)9-13-15(19)17(16(20)22-13)10-14(18)21-4-2/h5-9H,3-4,10H2,1-2H3/b13-9+. The Morgan fingerprint density at radius 2 is 1.91 bits per heavy atom. The van der Waals surface area contributed by atoms with Gasteiger partial charge >= 0.3 is 5.97 Å². The number of carbonyl (C=O) groups is 3. The highest BCUT2D eigenvalue weighted by Crippen LogP contribution is 2.32. The zero-order valence-corrected chi connectivity index (χ0v) is 13.3. The SMILES string of the molecule is CCOC(=O)CN1C(=O)S/C(=C/c2ccc(CC)cc2)C1=O. The van der Waals surface area contributed by atoms with Gasteiger partial charge in [0.2, 0.25) is 0 Å². The lowest BCUT2D eigenvalue weighted by Crippen LogP contribution is -2.34. The molecule has 0 atom stereocenters. The fourth-order valence-corrected chi connectivity index (χ4v) is 2.81. The Morgan fingerprint density at radius 3 is 2.50 bits per heavy atom. The number of esters is 1. The summed E-state index contributed by atoms with van der Waals surface area (Å²) in [7, 11) is 0. The van der Waals surface area contributed by atoms with Gasteiger partial charge in [0.15, 0.2) is 0 Å². The molecule has 0 radical (unpaired) electrons. The van der Waals surface area contributed by atoms with Crippen molar-refractivity contribution in [3.8, 4) is 0 Å². The summed E-state index contributed by atoms with van der Waals surface area (Å²) in [5.74, 6) is -1.04. The average Bonchev–Trinajstić information content (AvgIpc) is 2.76. The second-order valence-corrected chi connectivity index (χ2v) is 5.66. The summed E-state index contributed by atoms with van der Waals surface area (Å²) in [4.78, 5) is 36.7. The quantitative estimate of drug-likeness (QED) is 0.617. The molecule has 5 nitrogen and oxygen atoms in total. The van der Waals surface area contributed by atoms with Gasteiger partial charge in [-0.05, 0) is 42.3 Å². The monoisotopic (exact) mass is 319 g/mol. The van der Waals surface area contributed by atoms with Crippen LogP contribution in [0.25, 0.3) is 6.08 Å².